The largest absolute Gasteiger partial charge is 0.464 e. The number of benzene rings is 1. The molecule has 0 saturated carbocycles. The number of aryl methyl sites for hydroxylation is 1. The van der Waals surface area contributed by atoms with Crippen LogP contribution in [0.15, 0.2) is 45.9 Å². The van der Waals surface area contributed by atoms with Crippen LogP contribution in [0.25, 0.3) is 21.9 Å². The maximum absolute atomic E-state index is 13.2. The van der Waals surface area contributed by atoms with E-state index < -0.39 is 11.0 Å². The highest BCUT2D eigenvalue weighted by atomic mass is 32.2. The second-order valence-electron chi connectivity index (χ2n) is 7.15. The fraction of sp³-hybridized carbons (Fsp3) is 0.300. The second kappa shape index (κ2) is 6.42. The lowest BCUT2D eigenvalue weighted by Crippen LogP contribution is -2.32. The lowest BCUT2D eigenvalue weighted by molar-refractivity contribution is 0.412. The average Bonchev–Trinajstić information content (AvgIpc) is 3.23. The van der Waals surface area contributed by atoms with Gasteiger partial charge < -0.3 is 8.98 Å². The number of nitrogens with zero attached hydrogens (tertiary/aromatic N) is 4. The summed E-state index contributed by atoms with van der Waals surface area (Å²) in [5.41, 5.74) is 4.44. The van der Waals surface area contributed by atoms with Crippen LogP contribution in [0.5, 0.6) is 0 Å². The van der Waals surface area contributed by atoms with Crippen LogP contribution in [0.4, 0.5) is 0 Å². The molecule has 0 fully saturated rings. The summed E-state index contributed by atoms with van der Waals surface area (Å²) in [6.45, 7) is 1.65. The zero-order valence-electron chi connectivity index (χ0n) is 15.7. The number of para-hydroxylation sites is 1. The van der Waals surface area contributed by atoms with E-state index in [-0.39, 0.29) is 5.56 Å². The monoisotopic (exact) mass is 396 g/mol. The van der Waals surface area contributed by atoms with E-state index in [4.69, 9.17) is 4.42 Å². The molecule has 1 aromatic carbocycles. The highest BCUT2D eigenvalue weighted by Crippen LogP contribution is 2.28. The van der Waals surface area contributed by atoms with E-state index >= 15 is 0 Å². The Labute approximate surface area is 163 Å². The molecule has 5 rings (SSSR count). The first-order valence-electron chi connectivity index (χ1n) is 9.14. The minimum Gasteiger partial charge on any atom is -0.464 e. The zero-order chi connectivity index (χ0) is 19.4. The standard InChI is InChI=1S/C20H20N4O3S/c1-22-17-11-23(28(2)26)8-7-15(17)16-9-21-24(20(25)19(16)22)10-13-12-27-18-6-4-3-5-14(13)18/h3-6,9,12H,7-8,10-11H2,1-2H3. The first-order chi connectivity index (χ1) is 13.5. The topological polar surface area (TPSA) is 73.3 Å². The first-order valence-corrected chi connectivity index (χ1v) is 10.7. The van der Waals surface area contributed by atoms with Gasteiger partial charge in [0.15, 0.2) is 0 Å². The smallest absolute Gasteiger partial charge is 0.291 e. The molecule has 28 heavy (non-hydrogen) atoms. The van der Waals surface area contributed by atoms with Gasteiger partial charge in [0.1, 0.15) is 11.1 Å². The van der Waals surface area contributed by atoms with Crippen molar-refractivity contribution in [3.05, 3.63) is 63.9 Å². The van der Waals surface area contributed by atoms with Crippen molar-refractivity contribution in [1.82, 2.24) is 18.7 Å². The quantitative estimate of drug-likeness (QED) is 0.532. The van der Waals surface area contributed by atoms with Crippen molar-refractivity contribution in [2.45, 2.75) is 19.5 Å². The van der Waals surface area contributed by atoms with Crippen LogP contribution in [0.2, 0.25) is 0 Å². The van der Waals surface area contributed by atoms with E-state index in [0.29, 0.717) is 18.6 Å². The molecule has 0 saturated heterocycles. The molecular weight excluding hydrogens is 376 g/mol. The van der Waals surface area contributed by atoms with Gasteiger partial charge in [-0.05, 0) is 18.1 Å². The molecule has 0 radical (unpaired) electrons. The van der Waals surface area contributed by atoms with Crippen molar-refractivity contribution < 1.29 is 8.63 Å². The fourth-order valence-corrected chi connectivity index (χ4v) is 4.78. The minimum absolute atomic E-state index is 0.121. The number of fused-ring (bicyclic) bond motifs is 4. The molecule has 0 bridgehead atoms. The third kappa shape index (κ3) is 2.56. The summed E-state index contributed by atoms with van der Waals surface area (Å²) in [5, 5.41) is 6.33. The van der Waals surface area contributed by atoms with Crippen LogP contribution in [0.3, 0.4) is 0 Å². The van der Waals surface area contributed by atoms with Gasteiger partial charge in [0.05, 0.1) is 36.5 Å². The summed E-state index contributed by atoms with van der Waals surface area (Å²) >= 11 is 0. The van der Waals surface area contributed by atoms with Crippen molar-refractivity contribution in [1.29, 1.82) is 0 Å². The molecule has 3 aromatic heterocycles. The van der Waals surface area contributed by atoms with Crippen molar-refractivity contribution >= 4 is 32.9 Å². The van der Waals surface area contributed by atoms with Gasteiger partial charge in [-0.2, -0.15) is 5.10 Å². The molecule has 1 atom stereocenters. The molecule has 0 aliphatic carbocycles. The van der Waals surface area contributed by atoms with Gasteiger partial charge in [0.25, 0.3) is 5.56 Å². The van der Waals surface area contributed by atoms with E-state index in [1.807, 2.05) is 40.2 Å². The molecule has 0 amide bonds. The molecule has 144 valence electrons. The SMILES string of the molecule is Cn1c2c(c3cnn(Cc4coc5ccccc45)c(=O)c31)CCN(S(C)=O)C2. The van der Waals surface area contributed by atoms with Crippen molar-refractivity contribution in [2.24, 2.45) is 7.05 Å². The van der Waals surface area contributed by atoms with Crippen LogP contribution in [0.1, 0.15) is 16.8 Å². The molecule has 0 spiro atoms. The Hall–Kier alpha value is -2.71. The fourth-order valence-electron chi connectivity index (χ4n) is 4.13. The second-order valence-corrected chi connectivity index (χ2v) is 8.51. The normalized spacial score (nSPS) is 15.9. The van der Waals surface area contributed by atoms with Crippen LogP contribution < -0.4 is 5.56 Å². The van der Waals surface area contributed by atoms with Crippen LogP contribution in [-0.4, -0.2) is 35.7 Å². The van der Waals surface area contributed by atoms with E-state index in [2.05, 4.69) is 5.10 Å². The summed E-state index contributed by atoms with van der Waals surface area (Å²) < 4.78 is 22.8. The predicted octanol–water partition coefficient (Wildman–Crippen LogP) is 2.18. The van der Waals surface area contributed by atoms with Crippen LogP contribution in [0, 0.1) is 0 Å². The van der Waals surface area contributed by atoms with Gasteiger partial charge in [-0.25, -0.2) is 13.2 Å². The summed E-state index contributed by atoms with van der Waals surface area (Å²) in [6.07, 6.45) is 5.94. The third-order valence-corrected chi connectivity index (χ3v) is 6.65. The molecule has 4 heterocycles. The highest BCUT2D eigenvalue weighted by Gasteiger charge is 2.26. The Bertz CT molecular complexity index is 1300. The lowest BCUT2D eigenvalue weighted by atomic mass is 10.1. The summed E-state index contributed by atoms with van der Waals surface area (Å²) in [6, 6.07) is 7.77. The van der Waals surface area contributed by atoms with Crippen molar-refractivity contribution in [3.8, 4) is 0 Å². The van der Waals surface area contributed by atoms with Gasteiger partial charge in [0, 0.05) is 41.9 Å². The number of rotatable bonds is 3. The molecule has 7 nitrogen and oxygen atoms in total. The van der Waals surface area contributed by atoms with Gasteiger partial charge in [-0.1, -0.05) is 18.2 Å². The Kier molecular flexibility index (Phi) is 3.99. The Morgan fingerprint density at radius 1 is 1.25 bits per heavy atom. The maximum Gasteiger partial charge on any atom is 0.291 e. The van der Waals surface area contributed by atoms with E-state index in [1.165, 1.54) is 4.68 Å². The predicted molar refractivity (Wildman–Crippen MR) is 108 cm³/mol. The summed E-state index contributed by atoms with van der Waals surface area (Å²) in [7, 11) is 0.881. The van der Waals surface area contributed by atoms with Crippen LogP contribution in [-0.2, 0) is 37.5 Å². The minimum atomic E-state index is -1.02. The lowest BCUT2D eigenvalue weighted by Gasteiger charge is -2.25. The highest BCUT2D eigenvalue weighted by molar-refractivity contribution is 7.81. The van der Waals surface area contributed by atoms with E-state index in [1.54, 1.807) is 18.7 Å². The molecular formula is C20H20N4O3S. The molecule has 4 aromatic rings. The Morgan fingerprint density at radius 3 is 2.89 bits per heavy atom. The summed E-state index contributed by atoms with van der Waals surface area (Å²) in [4.78, 5) is 13.2. The van der Waals surface area contributed by atoms with E-state index in [9.17, 15) is 9.00 Å². The third-order valence-electron chi connectivity index (χ3n) is 5.61. The number of aromatic nitrogens is 3. The van der Waals surface area contributed by atoms with Gasteiger partial charge in [-0.3, -0.25) is 4.79 Å². The molecule has 0 N–H and O–H groups in total. The van der Waals surface area contributed by atoms with Gasteiger partial charge in [0.2, 0.25) is 0 Å². The number of furan rings is 1. The Morgan fingerprint density at radius 2 is 2.07 bits per heavy atom. The molecule has 1 unspecified atom stereocenters. The number of hydrogen-bond donors (Lipinski definition) is 0. The molecule has 1 aliphatic rings. The van der Waals surface area contributed by atoms with Gasteiger partial charge >= 0.3 is 0 Å². The van der Waals surface area contributed by atoms with E-state index in [0.717, 1.165) is 46.1 Å². The molecule has 8 heteroatoms. The van der Waals surface area contributed by atoms with Gasteiger partial charge in [-0.15, -0.1) is 0 Å². The first kappa shape index (κ1) is 17.4. The van der Waals surface area contributed by atoms with Crippen molar-refractivity contribution in [2.75, 3.05) is 12.8 Å². The molecule has 1 aliphatic heterocycles. The average molecular weight is 396 g/mol. The Balaban J connectivity index is 1.61. The van der Waals surface area contributed by atoms with Crippen molar-refractivity contribution in [3.63, 3.8) is 0 Å². The maximum atomic E-state index is 13.2. The van der Waals surface area contributed by atoms with Crippen LogP contribution >= 0.6 is 0 Å². The number of hydrogen-bond acceptors (Lipinski definition) is 4. The zero-order valence-corrected chi connectivity index (χ0v) is 16.5. The summed E-state index contributed by atoms with van der Waals surface area (Å²) in [5.74, 6) is 0.